The lowest BCUT2D eigenvalue weighted by Gasteiger charge is -2.28. The Labute approximate surface area is 234 Å². The zero-order valence-corrected chi connectivity index (χ0v) is 23.1. The van der Waals surface area contributed by atoms with Gasteiger partial charge >= 0.3 is 5.97 Å². The number of amides is 1. The van der Waals surface area contributed by atoms with Gasteiger partial charge in [-0.1, -0.05) is 62.4 Å². The second-order valence-electron chi connectivity index (χ2n) is 10.9. The van der Waals surface area contributed by atoms with Crippen LogP contribution in [0.25, 0.3) is 0 Å². The highest BCUT2D eigenvalue weighted by atomic mass is 16.7. The van der Waals surface area contributed by atoms with Crippen LogP contribution in [0.3, 0.4) is 0 Å². The fourth-order valence-electron chi connectivity index (χ4n) is 5.93. The van der Waals surface area contributed by atoms with Crippen molar-refractivity contribution in [2.75, 3.05) is 27.0 Å². The van der Waals surface area contributed by atoms with Gasteiger partial charge < -0.3 is 24.6 Å². The largest absolute Gasteiger partial charge is 0.497 e. The molecule has 2 N–H and O–H groups in total. The minimum Gasteiger partial charge on any atom is -0.497 e. The van der Waals surface area contributed by atoms with E-state index < -0.39 is 17.9 Å². The molecule has 3 aromatic rings. The fraction of sp³-hybridized carbons (Fsp3) is 0.375. The van der Waals surface area contributed by atoms with Crippen LogP contribution in [0.1, 0.15) is 55.0 Å². The molecule has 0 saturated carbocycles. The molecule has 1 amide bonds. The van der Waals surface area contributed by atoms with Gasteiger partial charge in [-0.3, -0.25) is 14.5 Å². The van der Waals surface area contributed by atoms with Crippen LogP contribution in [0.4, 0.5) is 0 Å². The Kier molecular flexibility index (Phi) is 8.26. The van der Waals surface area contributed by atoms with Gasteiger partial charge in [-0.25, -0.2) is 0 Å². The zero-order valence-electron chi connectivity index (χ0n) is 23.1. The molecule has 8 nitrogen and oxygen atoms in total. The molecule has 1 unspecified atom stereocenters. The van der Waals surface area contributed by atoms with E-state index in [0.717, 1.165) is 23.1 Å². The Morgan fingerprint density at radius 2 is 1.70 bits per heavy atom. The second kappa shape index (κ2) is 12.0. The quantitative estimate of drug-likeness (QED) is 0.364. The number of methoxy groups -OCH3 is 1. The van der Waals surface area contributed by atoms with Crippen LogP contribution in [-0.2, 0) is 9.59 Å². The SMILES string of the molecule is COc1ccc([C@@H]2[C@@H](C(=O)O)[C@H](c3ccc4c(c3)OCO4)CN2CC(=O)NC(CC(C)C)c2ccccc2)cc1. The number of benzene rings is 3. The highest BCUT2D eigenvalue weighted by molar-refractivity contribution is 5.79. The fourth-order valence-corrected chi connectivity index (χ4v) is 5.93. The van der Waals surface area contributed by atoms with Crippen molar-refractivity contribution < 1.29 is 28.9 Å². The minimum atomic E-state index is -0.909. The second-order valence-corrected chi connectivity index (χ2v) is 10.9. The van der Waals surface area contributed by atoms with E-state index in [1.54, 1.807) is 7.11 Å². The summed E-state index contributed by atoms with van der Waals surface area (Å²) in [6.45, 7) is 4.89. The molecule has 210 valence electrons. The Bertz CT molecular complexity index is 1330. The van der Waals surface area contributed by atoms with Crippen LogP contribution < -0.4 is 19.5 Å². The molecule has 0 aliphatic carbocycles. The van der Waals surface area contributed by atoms with Crippen molar-refractivity contribution in [2.45, 2.75) is 38.3 Å². The Morgan fingerprint density at radius 3 is 2.38 bits per heavy atom. The van der Waals surface area contributed by atoms with Gasteiger partial charge in [0.25, 0.3) is 0 Å². The molecule has 4 atom stereocenters. The van der Waals surface area contributed by atoms with Gasteiger partial charge in [0.2, 0.25) is 12.7 Å². The maximum Gasteiger partial charge on any atom is 0.309 e. The number of nitrogens with one attached hydrogen (secondary N) is 1. The van der Waals surface area contributed by atoms with E-state index in [4.69, 9.17) is 14.2 Å². The monoisotopic (exact) mass is 544 g/mol. The topological polar surface area (TPSA) is 97.3 Å². The summed E-state index contributed by atoms with van der Waals surface area (Å²) < 4.78 is 16.4. The average Bonchev–Trinajstić information content (AvgIpc) is 3.57. The van der Waals surface area contributed by atoms with Gasteiger partial charge in [0.05, 0.1) is 25.6 Å². The number of rotatable bonds is 10. The number of fused-ring (bicyclic) bond motifs is 1. The molecule has 1 saturated heterocycles. The molecule has 0 radical (unpaired) electrons. The van der Waals surface area contributed by atoms with Gasteiger partial charge in [-0.2, -0.15) is 0 Å². The summed E-state index contributed by atoms with van der Waals surface area (Å²) in [4.78, 5) is 28.4. The predicted octanol–water partition coefficient (Wildman–Crippen LogP) is 5.17. The van der Waals surface area contributed by atoms with Gasteiger partial charge in [0, 0.05) is 18.5 Å². The van der Waals surface area contributed by atoms with Crippen LogP contribution in [0.15, 0.2) is 72.8 Å². The van der Waals surface area contributed by atoms with E-state index in [1.807, 2.05) is 77.7 Å². The standard InChI is InChI=1S/C32H36N2O6/c1-20(2)15-26(21-7-5-4-6-8-21)33-29(35)18-34-17-25(23-11-14-27-28(16-23)40-19-39-27)30(32(36)37)31(34)22-9-12-24(38-3)13-10-22/h4-14,16,20,25-26,30-31H,15,17-19H2,1-3H3,(H,33,35)(H,36,37)/t25-,26?,30-,31+/m0/s1. The van der Waals surface area contributed by atoms with Crippen molar-refractivity contribution in [1.29, 1.82) is 0 Å². The zero-order chi connectivity index (χ0) is 28.2. The third-order valence-corrected chi connectivity index (χ3v) is 7.76. The van der Waals surface area contributed by atoms with Gasteiger partial charge in [-0.05, 0) is 53.3 Å². The molecule has 2 aliphatic rings. The van der Waals surface area contributed by atoms with E-state index in [2.05, 4.69) is 19.2 Å². The number of carbonyl (C=O) groups is 2. The van der Waals surface area contributed by atoms with Crippen LogP contribution in [0.2, 0.25) is 0 Å². The van der Waals surface area contributed by atoms with Crippen molar-refractivity contribution >= 4 is 11.9 Å². The number of hydrogen-bond donors (Lipinski definition) is 2. The molecule has 0 spiro atoms. The highest BCUT2D eigenvalue weighted by Gasteiger charge is 2.48. The summed E-state index contributed by atoms with van der Waals surface area (Å²) in [5, 5.41) is 13.7. The van der Waals surface area contributed by atoms with Crippen LogP contribution in [-0.4, -0.2) is 48.9 Å². The smallest absolute Gasteiger partial charge is 0.309 e. The first kappa shape index (κ1) is 27.5. The molecule has 40 heavy (non-hydrogen) atoms. The maximum absolute atomic E-state index is 13.6. The number of likely N-dealkylation sites (tertiary alicyclic amines) is 1. The Balaban J connectivity index is 1.45. The van der Waals surface area contributed by atoms with Crippen molar-refractivity contribution in [3.8, 4) is 17.2 Å². The molecule has 5 rings (SSSR count). The van der Waals surface area contributed by atoms with E-state index in [0.29, 0.717) is 29.7 Å². The molecule has 0 bridgehead atoms. The van der Waals surface area contributed by atoms with Crippen LogP contribution in [0.5, 0.6) is 17.2 Å². The molecule has 0 aromatic heterocycles. The third kappa shape index (κ3) is 5.92. The number of carboxylic acid groups (broad SMARTS) is 1. The normalized spacial score (nSPS) is 20.9. The number of carboxylic acids is 1. The summed E-state index contributed by atoms with van der Waals surface area (Å²) in [7, 11) is 1.59. The third-order valence-electron chi connectivity index (χ3n) is 7.76. The highest BCUT2D eigenvalue weighted by Crippen LogP contribution is 2.47. The van der Waals surface area contributed by atoms with Crippen molar-refractivity contribution in [3.05, 3.63) is 89.5 Å². The van der Waals surface area contributed by atoms with E-state index in [9.17, 15) is 14.7 Å². The molecule has 1 fully saturated rings. The van der Waals surface area contributed by atoms with Crippen molar-refractivity contribution in [1.82, 2.24) is 10.2 Å². The van der Waals surface area contributed by atoms with Gasteiger partial charge in [-0.15, -0.1) is 0 Å². The maximum atomic E-state index is 13.6. The lowest BCUT2D eigenvalue weighted by molar-refractivity contribution is -0.143. The summed E-state index contributed by atoms with van der Waals surface area (Å²) in [6, 6.07) is 22.3. The van der Waals surface area contributed by atoms with E-state index in [1.165, 1.54) is 0 Å². The Hall–Kier alpha value is -4.04. The van der Waals surface area contributed by atoms with Gasteiger partial charge in [0.15, 0.2) is 11.5 Å². The number of nitrogens with zero attached hydrogens (tertiary/aromatic N) is 1. The minimum absolute atomic E-state index is 0.0724. The summed E-state index contributed by atoms with van der Waals surface area (Å²) in [5.74, 6) is 0.152. The average molecular weight is 545 g/mol. The summed E-state index contributed by atoms with van der Waals surface area (Å²) >= 11 is 0. The Morgan fingerprint density at radius 1 is 1.00 bits per heavy atom. The first-order valence-electron chi connectivity index (χ1n) is 13.7. The van der Waals surface area contributed by atoms with Crippen molar-refractivity contribution in [2.24, 2.45) is 11.8 Å². The predicted molar refractivity (Wildman–Crippen MR) is 151 cm³/mol. The summed E-state index contributed by atoms with van der Waals surface area (Å²) in [5.41, 5.74) is 2.73. The number of carbonyl (C=O) groups excluding carboxylic acids is 1. The lowest BCUT2D eigenvalue weighted by atomic mass is 9.82. The van der Waals surface area contributed by atoms with Crippen LogP contribution in [0, 0.1) is 11.8 Å². The number of aliphatic carboxylic acids is 1. The molecule has 2 heterocycles. The molecule has 3 aromatic carbocycles. The molecular weight excluding hydrogens is 508 g/mol. The number of ether oxygens (including phenoxy) is 3. The van der Waals surface area contributed by atoms with E-state index in [-0.39, 0.29) is 31.2 Å². The first-order chi connectivity index (χ1) is 19.3. The molecule has 8 heteroatoms. The number of hydrogen-bond acceptors (Lipinski definition) is 6. The van der Waals surface area contributed by atoms with Gasteiger partial charge in [0.1, 0.15) is 5.75 Å². The van der Waals surface area contributed by atoms with Crippen LogP contribution >= 0.6 is 0 Å². The first-order valence-corrected chi connectivity index (χ1v) is 13.7. The summed E-state index contributed by atoms with van der Waals surface area (Å²) in [6.07, 6.45) is 0.801. The molecule has 2 aliphatic heterocycles. The molecular formula is C32H36N2O6. The lowest BCUT2D eigenvalue weighted by Crippen LogP contribution is -2.40. The van der Waals surface area contributed by atoms with Crippen molar-refractivity contribution in [3.63, 3.8) is 0 Å². The van der Waals surface area contributed by atoms with E-state index >= 15 is 0 Å².